The molecule has 3 nitrogen and oxygen atoms in total. The quantitative estimate of drug-likeness (QED) is 0.352. The van der Waals surface area contributed by atoms with E-state index in [1.165, 1.54) is 22.3 Å². The first-order valence-electron chi connectivity index (χ1n) is 10.3. The monoisotopic (exact) mass is 428 g/mol. The Morgan fingerprint density at radius 3 is 2.29 bits per heavy atom. The van der Waals surface area contributed by atoms with Crippen LogP contribution in [0.1, 0.15) is 40.3 Å². The molecule has 0 fully saturated rings. The SMILES string of the molecule is CCc1ccc(NC(=O)/C(C#N)=C/c2cc(Cl)ccc2Cc2cc(C)cc(C)c2)cc1. The standard InChI is InChI=1S/C27H25ClN2O/c1-4-20-5-9-26(10-6-20)30-27(31)24(17-29)15-23-16-25(28)8-7-22(23)14-21-12-18(2)11-19(3)13-21/h5-13,15-16H,4,14H2,1-3H3,(H,30,31)/b24-15+. The van der Waals surface area contributed by atoms with E-state index >= 15 is 0 Å². The van der Waals surface area contributed by atoms with E-state index in [2.05, 4.69) is 44.3 Å². The van der Waals surface area contributed by atoms with Gasteiger partial charge in [0.15, 0.2) is 0 Å². The fourth-order valence-electron chi connectivity index (χ4n) is 3.58. The van der Waals surface area contributed by atoms with Gasteiger partial charge in [-0.05, 0) is 79.3 Å². The summed E-state index contributed by atoms with van der Waals surface area (Å²) in [5.74, 6) is -0.441. The second kappa shape index (κ2) is 10.1. The predicted octanol–water partition coefficient (Wildman–Crippen LogP) is 6.66. The number of nitrogens with zero attached hydrogens (tertiary/aromatic N) is 1. The first kappa shape index (κ1) is 22.3. The lowest BCUT2D eigenvalue weighted by atomic mass is 9.96. The maximum absolute atomic E-state index is 12.7. The molecule has 4 heteroatoms. The van der Waals surface area contributed by atoms with Crippen molar-refractivity contribution >= 4 is 29.3 Å². The van der Waals surface area contributed by atoms with Crippen LogP contribution < -0.4 is 5.32 Å². The number of rotatable bonds is 6. The second-order valence-corrected chi connectivity index (χ2v) is 8.13. The van der Waals surface area contributed by atoms with Gasteiger partial charge in [0.1, 0.15) is 11.6 Å². The number of hydrogen-bond donors (Lipinski definition) is 1. The molecule has 0 aliphatic heterocycles. The van der Waals surface area contributed by atoms with Crippen LogP contribution in [-0.2, 0) is 17.6 Å². The van der Waals surface area contributed by atoms with E-state index in [1.54, 1.807) is 12.1 Å². The lowest BCUT2D eigenvalue weighted by Gasteiger charge is -2.10. The van der Waals surface area contributed by atoms with Gasteiger partial charge in [-0.1, -0.05) is 66.0 Å². The van der Waals surface area contributed by atoms with Crippen molar-refractivity contribution in [3.8, 4) is 6.07 Å². The molecule has 0 saturated heterocycles. The molecular weight excluding hydrogens is 404 g/mol. The molecule has 0 heterocycles. The van der Waals surface area contributed by atoms with Crippen molar-refractivity contribution in [1.82, 2.24) is 0 Å². The van der Waals surface area contributed by atoms with Crippen molar-refractivity contribution in [2.75, 3.05) is 5.32 Å². The van der Waals surface area contributed by atoms with Crippen LogP contribution in [0.25, 0.3) is 6.08 Å². The number of anilines is 1. The van der Waals surface area contributed by atoms with Crippen molar-refractivity contribution in [3.63, 3.8) is 0 Å². The molecule has 1 amide bonds. The van der Waals surface area contributed by atoms with Gasteiger partial charge in [0.05, 0.1) is 0 Å². The summed E-state index contributed by atoms with van der Waals surface area (Å²) in [5.41, 5.74) is 7.22. The van der Waals surface area contributed by atoms with E-state index in [-0.39, 0.29) is 5.57 Å². The zero-order chi connectivity index (χ0) is 22.4. The molecule has 0 spiro atoms. The number of nitrogens with one attached hydrogen (secondary N) is 1. The normalized spacial score (nSPS) is 11.1. The Hall–Kier alpha value is -3.35. The molecule has 1 N–H and O–H groups in total. The molecule has 0 unspecified atom stereocenters. The van der Waals surface area contributed by atoms with E-state index in [0.29, 0.717) is 17.1 Å². The van der Waals surface area contributed by atoms with Crippen LogP contribution in [0, 0.1) is 25.2 Å². The number of halogens is 1. The van der Waals surface area contributed by atoms with Crippen LogP contribution in [0.5, 0.6) is 0 Å². The Kier molecular flexibility index (Phi) is 7.28. The lowest BCUT2D eigenvalue weighted by molar-refractivity contribution is -0.112. The Balaban J connectivity index is 1.89. The van der Waals surface area contributed by atoms with Gasteiger partial charge in [-0.2, -0.15) is 5.26 Å². The first-order chi connectivity index (χ1) is 14.9. The Morgan fingerprint density at radius 1 is 1.00 bits per heavy atom. The van der Waals surface area contributed by atoms with Gasteiger partial charge in [0.25, 0.3) is 5.91 Å². The van der Waals surface area contributed by atoms with Gasteiger partial charge in [-0.15, -0.1) is 0 Å². The van der Waals surface area contributed by atoms with Gasteiger partial charge in [-0.3, -0.25) is 4.79 Å². The third kappa shape index (κ3) is 6.07. The van der Waals surface area contributed by atoms with E-state index in [1.807, 2.05) is 42.5 Å². The van der Waals surface area contributed by atoms with E-state index in [4.69, 9.17) is 11.6 Å². The Bertz CT molecular complexity index is 1150. The van der Waals surface area contributed by atoms with Gasteiger partial charge in [0, 0.05) is 10.7 Å². The third-order valence-electron chi connectivity index (χ3n) is 5.07. The van der Waals surface area contributed by atoms with Crippen molar-refractivity contribution in [2.45, 2.75) is 33.6 Å². The van der Waals surface area contributed by atoms with E-state index in [9.17, 15) is 10.1 Å². The summed E-state index contributed by atoms with van der Waals surface area (Å²) in [7, 11) is 0. The number of carbonyl (C=O) groups is 1. The predicted molar refractivity (Wildman–Crippen MR) is 128 cm³/mol. The average molecular weight is 429 g/mol. The smallest absolute Gasteiger partial charge is 0.266 e. The topological polar surface area (TPSA) is 52.9 Å². The highest BCUT2D eigenvalue weighted by Gasteiger charge is 2.12. The van der Waals surface area contributed by atoms with E-state index < -0.39 is 5.91 Å². The number of nitriles is 1. The summed E-state index contributed by atoms with van der Waals surface area (Å²) in [6.07, 6.45) is 3.22. The van der Waals surface area contributed by atoms with Crippen molar-refractivity contribution in [3.05, 3.63) is 105 Å². The van der Waals surface area contributed by atoms with Gasteiger partial charge < -0.3 is 5.32 Å². The van der Waals surface area contributed by atoms with Crippen LogP contribution in [0.2, 0.25) is 5.02 Å². The summed E-state index contributed by atoms with van der Waals surface area (Å²) in [4.78, 5) is 12.7. The summed E-state index contributed by atoms with van der Waals surface area (Å²) < 4.78 is 0. The number of hydrogen-bond acceptors (Lipinski definition) is 2. The number of aryl methyl sites for hydroxylation is 3. The van der Waals surface area contributed by atoms with Gasteiger partial charge >= 0.3 is 0 Å². The Labute approximate surface area is 189 Å². The van der Waals surface area contributed by atoms with Crippen LogP contribution in [0.15, 0.2) is 66.2 Å². The highest BCUT2D eigenvalue weighted by atomic mass is 35.5. The highest BCUT2D eigenvalue weighted by Crippen LogP contribution is 2.23. The molecule has 0 atom stereocenters. The zero-order valence-corrected chi connectivity index (χ0v) is 18.8. The summed E-state index contributed by atoms with van der Waals surface area (Å²) >= 11 is 6.22. The molecule has 3 aromatic carbocycles. The van der Waals surface area contributed by atoms with Crippen LogP contribution in [0.3, 0.4) is 0 Å². The van der Waals surface area contributed by atoms with Gasteiger partial charge in [-0.25, -0.2) is 0 Å². The maximum Gasteiger partial charge on any atom is 0.266 e. The fraction of sp³-hybridized carbons (Fsp3) is 0.185. The lowest BCUT2D eigenvalue weighted by Crippen LogP contribution is -2.13. The summed E-state index contributed by atoms with van der Waals surface area (Å²) in [5, 5.41) is 13.0. The van der Waals surface area contributed by atoms with Crippen LogP contribution in [0.4, 0.5) is 5.69 Å². The minimum atomic E-state index is -0.441. The molecule has 3 rings (SSSR count). The number of amides is 1. The van der Waals surface area contributed by atoms with Crippen molar-refractivity contribution in [1.29, 1.82) is 5.26 Å². The third-order valence-corrected chi connectivity index (χ3v) is 5.30. The first-order valence-corrected chi connectivity index (χ1v) is 10.6. The number of carbonyl (C=O) groups excluding carboxylic acids is 1. The molecule has 31 heavy (non-hydrogen) atoms. The van der Waals surface area contributed by atoms with Crippen LogP contribution in [-0.4, -0.2) is 5.91 Å². The molecule has 0 aliphatic rings. The average Bonchev–Trinajstić information content (AvgIpc) is 2.73. The Morgan fingerprint density at radius 2 is 1.68 bits per heavy atom. The summed E-state index contributed by atoms with van der Waals surface area (Å²) in [6, 6.07) is 21.6. The minimum absolute atomic E-state index is 0.0310. The molecule has 0 aromatic heterocycles. The highest BCUT2D eigenvalue weighted by molar-refractivity contribution is 6.30. The second-order valence-electron chi connectivity index (χ2n) is 7.69. The molecule has 0 radical (unpaired) electrons. The maximum atomic E-state index is 12.7. The molecule has 0 aliphatic carbocycles. The van der Waals surface area contributed by atoms with E-state index in [0.717, 1.165) is 17.5 Å². The largest absolute Gasteiger partial charge is 0.321 e. The molecular formula is C27H25ClN2O. The number of benzene rings is 3. The molecule has 0 bridgehead atoms. The molecule has 156 valence electrons. The van der Waals surface area contributed by atoms with Crippen molar-refractivity contribution < 1.29 is 4.79 Å². The minimum Gasteiger partial charge on any atom is -0.321 e. The van der Waals surface area contributed by atoms with Crippen LogP contribution >= 0.6 is 11.6 Å². The molecule has 0 saturated carbocycles. The molecule has 3 aromatic rings. The van der Waals surface area contributed by atoms with Gasteiger partial charge in [0.2, 0.25) is 0 Å². The summed E-state index contributed by atoms with van der Waals surface area (Å²) in [6.45, 7) is 6.22. The fourth-order valence-corrected chi connectivity index (χ4v) is 3.76. The zero-order valence-electron chi connectivity index (χ0n) is 18.0. The van der Waals surface area contributed by atoms with Crippen molar-refractivity contribution in [2.24, 2.45) is 0 Å².